The van der Waals surface area contributed by atoms with E-state index in [0.29, 0.717) is 18.0 Å². The average Bonchev–Trinajstić information content (AvgIpc) is 2.47. The fourth-order valence-corrected chi connectivity index (χ4v) is 2.51. The summed E-state index contributed by atoms with van der Waals surface area (Å²) >= 11 is 0. The number of nitrogens with two attached hydrogens (primary N) is 1. The summed E-state index contributed by atoms with van der Waals surface area (Å²) in [5.74, 6) is 0.713. The van der Waals surface area contributed by atoms with Crippen LogP contribution in [0.15, 0.2) is 4.99 Å². The highest BCUT2D eigenvalue weighted by atomic mass is 16.5. The van der Waals surface area contributed by atoms with Crippen molar-refractivity contribution in [3.05, 3.63) is 0 Å². The Kier molecular flexibility index (Phi) is 2.42. The molecule has 0 aromatic carbocycles. The maximum absolute atomic E-state index is 5.55. The quantitative estimate of drug-likeness (QED) is 0.670. The highest BCUT2D eigenvalue weighted by Gasteiger charge is 2.33. The summed E-state index contributed by atoms with van der Waals surface area (Å²) < 4.78 is 5.35. The van der Waals surface area contributed by atoms with E-state index in [2.05, 4.69) is 11.9 Å². The molecule has 0 bridgehead atoms. The summed E-state index contributed by atoms with van der Waals surface area (Å²) in [6.07, 6.45) is 6.89. The molecule has 2 aliphatic rings. The fourth-order valence-electron chi connectivity index (χ4n) is 2.51. The number of hydrogen-bond donors (Lipinski definition) is 1. The molecule has 13 heavy (non-hydrogen) atoms. The first kappa shape index (κ1) is 8.85. The first-order valence-corrected chi connectivity index (χ1v) is 5.27. The smallest absolute Gasteiger partial charge is 0.282 e. The molecular formula is C10H18N2O. The minimum Gasteiger partial charge on any atom is -0.460 e. The first-order valence-electron chi connectivity index (χ1n) is 5.27. The van der Waals surface area contributed by atoms with Crippen molar-refractivity contribution < 1.29 is 4.74 Å². The van der Waals surface area contributed by atoms with Gasteiger partial charge >= 0.3 is 0 Å². The second-order valence-corrected chi connectivity index (χ2v) is 4.18. The zero-order chi connectivity index (χ0) is 9.26. The molecule has 2 rings (SSSR count). The summed E-state index contributed by atoms with van der Waals surface area (Å²) in [6, 6.07) is 0.725. The van der Waals surface area contributed by atoms with Crippen LogP contribution in [-0.2, 0) is 4.74 Å². The van der Waals surface area contributed by atoms with Crippen molar-refractivity contribution in [2.75, 3.05) is 0 Å². The van der Waals surface area contributed by atoms with E-state index in [-0.39, 0.29) is 6.10 Å². The van der Waals surface area contributed by atoms with Crippen LogP contribution >= 0.6 is 0 Å². The molecular weight excluding hydrogens is 164 g/mol. The molecule has 1 aliphatic heterocycles. The van der Waals surface area contributed by atoms with E-state index < -0.39 is 0 Å². The fraction of sp³-hybridized carbons (Fsp3) is 0.900. The Morgan fingerprint density at radius 2 is 2.00 bits per heavy atom. The number of rotatable bonds is 1. The van der Waals surface area contributed by atoms with Crippen molar-refractivity contribution in [3.8, 4) is 0 Å². The van der Waals surface area contributed by atoms with E-state index in [0.717, 1.165) is 0 Å². The molecule has 2 atom stereocenters. The molecule has 0 saturated heterocycles. The topological polar surface area (TPSA) is 47.6 Å². The van der Waals surface area contributed by atoms with Crippen molar-refractivity contribution in [1.29, 1.82) is 0 Å². The molecule has 74 valence electrons. The van der Waals surface area contributed by atoms with Gasteiger partial charge in [-0.15, -0.1) is 0 Å². The minimum absolute atomic E-state index is 0.197. The molecule has 1 fully saturated rings. The Labute approximate surface area is 79.4 Å². The zero-order valence-electron chi connectivity index (χ0n) is 8.20. The number of amidine groups is 1. The monoisotopic (exact) mass is 182 g/mol. The summed E-state index contributed by atoms with van der Waals surface area (Å²) in [6.45, 7) is 2.07. The van der Waals surface area contributed by atoms with Crippen LogP contribution in [-0.4, -0.2) is 18.2 Å². The van der Waals surface area contributed by atoms with Gasteiger partial charge in [0.2, 0.25) is 0 Å². The van der Waals surface area contributed by atoms with Gasteiger partial charge < -0.3 is 10.5 Å². The maximum Gasteiger partial charge on any atom is 0.282 e. The summed E-state index contributed by atoms with van der Waals surface area (Å²) in [4.78, 5) is 4.37. The van der Waals surface area contributed by atoms with Crippen molar-refractivity contribution in [2.45, 2.75) is 51.2 Å². The molecule has 1 heterocycles. The molecule has 0 amide bonds. The van der Waals surface area contributed by atoms with Crippen molar-refractivity contribution in [1.82, 2.24) is 0 Å². The van der Waals surface area contributed by atoms with Crippen molar-refractivity contribution in [3.63, 3.8) is 0 Å². The van der Waals surface area contributed by atoms with Crippen LogP contribution in [0.4, 0.5) is 0 Å². The van der Waals surface area contributed by atoms with Gasteiger partial charge in [0.15, 0.2) is 0 Å². The van der Waals surface area contributed by atoms with E-state index in [1.807, 2.05) is 0 Å². The van der Waals surface area contributed by atoms with Crippen LogP contribution in [0.5, 0.6) is 0 Å². The molecule has 0 aromatic rings. The van der Waals surface area contributed by atoms with E-state index in [1.54, 1.807) is 0 Å². The van der Waals surface area contributed by atoms with Crippen molar-refractivity contribution >= 4 is 6.02 Å². The normalized spacial score (nSPS) is 35.6. The standard InChI is InChI=1S/C10H18N2O/c1-7-9(12-10(11)13-7)8-5-3-2-4-6-8/h7-9H,2-6H2,1H3,(H2,11,12)/t7-,9-/m1/s1. The SMILES string of the molecule is C[C@H]1OC(N)=N[C@H]1C1CCCCC1. The summed E-state index contributed by atoms with van der Waals surface area (Å²) in [5.41, 5.74) is 5.55. The van der Waals surface area contributed by atoms with Gasteiger partial charge in [0.25, 0.3) is 6.02 Å². The van der Waals surface area contributed by atoms with E-state index in [4.69, 9.17) is 10.5 Å². The predicted octanol–water partition coefficient (Wildman–Crippen LogP) is 1.67. The zero-order valence-corrected chi connectivity index (χ0v) is 8.20. The molecule has 0 radical (unpaired) electrons. The second kappa shape index (κ2) is 3.56. The lowest BCUT2D eigenvalue weighted by Gasteiger charge is -2.26. The van der Waals surface area contributed by atoms with Gasteiger partial charge in [-0.2, -0.15) is 0 Å². The molecule has 0 aromatic heterocycles. The minimum atomic E-state index is 0.197. The van der Waals surface area contributed by atoms with Gasteiger partial charge in [0.1, 0.15) is 6.10 Å². The van der Waals surface area contributed by atoms with Crippen LogP contribution in [0.2, 0.25) is 0 Å². The predicted molar refractivity (Wildman–Crippen MR) is 52.5 cm³/mol. The van der Waals surface area contributed by atoms with Gasteiger partial charge in [-0.05, 0) is 25.7 Å². The highest BCUT2D eigenvalue weighted by Crippen LogP contribution is 2.32. The largest absolute Gasteiger partial charge is 0.460 e. The first-order chi connectivity index (χ1) is 6.27. The Hall–Kier alpha value is -0.730. The third kappa shape index (κ3) is 1.79. The lowest BCUT2D eigenvalue weighted by atomic mass is 9.82. The number of ether oxygens (including phenoxy) is 1. The Bertz CT molecular complexity index is 209. The lowest BCUT2D eigenvalue weighted by molar-refractivity contribution is 0.162. The molecule has 1 aliphatic carbocycles. The summed E-state index contributed by atoms with van der Waals surface area (Å²) in [5, 5.41) is 0. The van der Waals surface area contributed by atoms with E-state index in [1.165, 1.54) is 32.1 Å². The molecule has 3 nitrogen and oxygen atoms in total. The van der Waals surface area contributed by atoms with Gasteiger partial charge in [0, 0.05) is 0 Å². The summed E-state index contributed by atoms with van der Waals surface area (Å²) in [7, 11) is 0. The van der Waals surface area contributed by atoms with E-state index in [9.17, 15) is 0 Å². The molecule has 1 saturated carbocycles. The Morgan fingerprint density at radius 3 is 2.54 bits per heavy atom. The highest BCUT2D eigenvalue weighted by molar-refractivity contribution is 5.73. The second-order valence-electron chi connectivity index (χ2n) is 4.18. The molecule has 0 unspecified atom stereocenters. The van der Waals surface area contributed by atoms with Gasteiger partial charge in [-0.25, -0.2) is 4.99 Å². The van der Waals surface area contributed by atoms with Crippen LogP contribution in [0.3, 0.4) is 0 Å². The Balaban J connectivity index is 1.98. The third-order valence-corrected chi connectivity index (χ3v) is 3.20. The van der Waals surface area contributed by atoms with Crippen LogP contribution < -0.4 is 5.73 Å². The van der Waals surface area contributed by atoms with Crippen LogP contribution in [0, 0.1) is 5.92 Å². The third-order valence-electron chi connectivity index (χ3n) is 3.20. The van der Waals surface area contributed by atoms with Crippen LogP contribution in [0.1, 0.15) is 39.0 Å². The van der Waals surface area contributed by atoms with Crippen LogP contribution in [0.25, 0.3) is 0 Å². The molecule has 2 N–H and O–H groups in total. The number of hydrogen-bond acceptors (Lipinski definition) is 3. The number of nitrogens with zero attached hydrogens (tertiary/aromatic N) is 1. The lowest BCUT2D eigenvalue weighted by Crippen LogP contribution is -2.29. The maximum atomic E-state index is 5.55. The van der Waals surface area contributed by atoms with Gasteiger partial charge in [-0.3, -0.25) is 0 Å². The Morgan fingerprint density at radius 1 is 1.31 bits per heavy atom. The molecule has 0 spiro atoms. The van der Waals surface area contributed by atoms with E-state index >= 15 is 0 Å². The van der Waals surface area contributed by atoms with Gasteiger partial charge in [0.05, 0.1) is 6.04 Å². The average molecular weight is 182 g/mol. The van der Waals surface area contributed by atoms with Crippen molar-refractivity contribution in [2.24, 2.45) is 16.6 Å². The van der Waals surface area contributed by atoms with Gasteiger partial charge in [-0.1, -0.05) is 19.3 Å². The number of aliphatic imine (C=N–C) groups is 1. The molecule has 3 heteroatoms.